The fraction of sp³-hybridized carbons (Fsp3) is 0.125. The van der Waals surface area contributed by atoms with E-state index in [9.17, 15) is 14.7 Å². The molecule has 0 amide bonds. The Morgan fingerprint density at radius 1 is 0.897 bits per heavy atom. The van der Waals surface area contributed by atoms with Crippen LogP contribution in [0.4, 0.5) is 5.69 Å². The van der Waals surface area contributed by atoms with Gasteiger partial charge in [0.15, 0.2) is 5.78 Å². The van der Waals surface area contributed by atoms with Gasteiger partial charge in [-0.2, -0.15) is 5.10 Å². The van der Waals surface area contributed by atoms with Crippen LogP contribution in [0.3, 0.4) is 0 Å². The zero-order valence-corrected chi connectivity index (χ0v) is 15.7. The van der Waals surface area contributed by atoms with E-state index < -0.39 is 5.97 Å². The maximum atomic E-state index is 12.8. The summed E-state index contributed by atoms with van der Waals surface area (Å²) in [6.07, 6.45) is 0.814. The Hall–Kier alpha value is -3.73. The van der Waals surface area contributed by atoms with E-state index in [0.717, 1.165) is 11.3 Å². The molecule has 0 saturated heterocycles. The van der Waals surface area contributed by atoms with Crippen molar-refractivity contribution >= 4 is 23.2 Å². The van der Waals surface area contributed by atoms with Gasteiger partial charge in [-0.25, -0.2) is 4.79 Å². The number of hydrazone groups is 1. The lowest BCUT2D eigenvalue weighted by molar-refractivity contribution is 0.0697. The van der Waals surface area contributed by atoms with Crippen molar-refractivity contribution in [2.45, 2.75) is 18.9 Å². The normalized spacial score (nSPS) is 15.8. The highest BCUT2D eigenvalue weighted by atomic mass is 16.4. The molecule has 0 saturated carbocycles. The predicted octanol–water partition coefficient (Wildman–Crippen LogP) is 4.64. The SMILES string of the molecule is O=C(C[C@@H]1CC(c2ccccc2)=NN1c1ccccc1C(=O)O)c1ccccc1. The number of carboxylic acids is 1. The standard InChI is InChI=1S/C24H20N2O3/c27-23(18-11-5-2-6-12-18)16-19-15-21(17-9-3-1-4-10-17)25-26(19)22-14-8-7-13-20(22)24(28)29/h1-14,19H,15-16H2,(H,28,29)/t19-/m0/s1. The number of para-hydroxylation sites is 1. The van der Waals surface area contributed by atoms with Gasteiger partial charge in [-0.1, -0.05) is 72.8 Å². The molecule has 3 aromatic carbocycles. The molecule has 1 heterocycles. The molecule has 5 heteroatoms. The number of benzene rings is 3. The van der Waals surface area contributed by atoms with Gasteiger partial charge in [-0.3, -0.25) is 9.80 Å². The van der Waals surface area contributed by atoms with E-state index in [1.54, 1.807) is 41.4 Å². The van der Waals surface area contributed by atoms with Crippen molar-refractivity contribution in [2.75, 3.05) is 5.01 Å². The molecule has 0 unspecified atom stereocenters. The number of anilines is 1. The molecule has 5 nitrogen and oxygen atoms in total. The predicted molar refractivity (Wildman–Crippen MR) is 113 cm³/mol. The summed E-state index contributed by atoms with van der Waals surface area (Å²) >= 11 is 0. The van der Waals surface area contributed by atoms with Crippen molar-refractivity contribution in [3.63, 3.8) is 0 Å². The number of carbonyl (C=O) groups excluding carboxylic acids is 1. The summed E-state index contributed by atoms with van der Waals surface area (Å²) in [7, 11) is 0. The van der Waals surface area contributed by atoms with Crippen molar-refractivity contribution in [3.05, 3.63) is 102 Å². The number of carbonyl (C=O) groups is 2. The van der Waals surface area contributed by atoms with Crippen LogP contribution in [0, 0.1) is 0 Å². The minimum atomic E-state index is -1.02. The second-order valence-electron chi connectivity index (χ2n) is 6.93. The van der Waals surface area contributed by atoms with Crippen LogP contribution in [-0.2, 0) is 0 Å². The first-order valence-corrected chi connectivity index (χ1v) is 9.46. The van der Waals surface area contributed by atoms with Crippen LogP contribution in [0.15, 0.2) is 90.0 Å². The quantitative estimate of drug-likeness (QED) is 0.629. The molecule has 0 bridgehead atoms. The Morgan fingerprint density at radius 3 is 2.21 bits per heavy atom. The average molecular weight is 384 g/mol. The summed E-state index contributed by atoms with van der Waals surface area (Å²) in [5.41, 5.74) is 3.13. The van der Waals surface area contributed by atoms with Gasteiger partial charge in [0, 0.05) is 18.4 Å². The van der Waals surface area contributed by atoms with Crippen LogP contribution >= 0.6 is 0 Å². The molecule has 0 radical (unpaired) electrons. The number of ketones is 1. The fourth-order valence-corrected chi connectivity index (χ4v) is 3.59. The second-order valence-corrected chi connectivity index (χ2v) is 6.93. The highest BCUT2D eigenvalue weighted by molar-refractivity contribution is 6.05. The number of rotatable bonds is 6. The van der Waals surface area contributed by atoms with Crippen LogP contribution in [0.1, 0.15) is 39.1 Å². The fourth-order valence-electron chi connectivity index (χ4n) is 3.59. The van der Waals surface area contributed by atoms with E-state index in [0.29, 0.717) is 17.7 Å². The molecule has 1 N–H and O–H groups in total. The zero-order chi connectivity index (χ0) is 20.2. The third kappa shape index (κ3) is 3.94. The number of aromatic carboxylic acids is 1. The molecule has 0 spiro atoms. The highest BCUT2D eigenvalue weighted by Gasteiger charge is 2.32. The molecule has 1 aliphatic rings. The lowest BCUT2D eigenvalue weighted by atomic mass is 9.97. The van der Waals surface area contributed by atoms with Gasteiger partial charge in [0.1, 0.15) is 0 Å². The Balaban J connectivity index is 1.70. The van der Waals surface area contributed by atoms with Crippen molar-refractivity contribution in [1.29, 1.82) is 0 Å². The average Bonchev–Trinajstić information content (AvgIpc) is 3.18. The van der Waals surface area contributed by atoms with Gasteiger partial charge in [0.25, 0.3) is 0 Å². The zero-order valence-electron chi connectivity index (χ0n) is 15.7. The maximum Gasteiger partial charge on any atom is 0.337 e. The van der Waals surface area contributed by atoms with Crippen LogP contribution < -0.4 is 5.01 Å². The number of nitrogens with zero attached hydrogens (tertiary/aromatic N) is 2. The lowest BCUT2D eigenvalue weighted by Gasteiger charge is -2.24. The first-order chi connectivity index (χ1) is 14.1. The topological polar surface area (TPSA) is 70.0 Å². The van der Waals surface area contributed by atoms with Gasteiger partial charge in [-0.15, -0.1) is 0 Å². The number of hydrogen-bond acceptors (Lipinski definition) is 4. The van der Waals surface area contributed by atoms with Crippen LogP contribution in [0.2, 0.25) is 0 Å². The van der Waals surface area contributed by atoms with Crippen molar-refractivity contribution in [1.82, 2.24) is 0 Å². The van der Waals surface area contributed by atoms with Gasteiger partial charge in [0.05, 0.1) is 23.0 Å². The van der Waals surface area contributed by atoms with Crippen LogP contribution in [-0.4, -0.2) is 28.6 Å². The largest absolute Gasteiger partial charge is 0.478 e. The lowest BCUT2D eigenvalue weighted by Crippen LogP contribution is -2.30. The van der Waals surface area contributed by atoms with Crippen molar-refractivity contribution < 1.29 is 14.7 Å². The van der Waals surface area contributed by atoms with Gasteiger partial charge in [-0.05, 0) is 17.7 Å². The molecule has 29 heavy (non-hydrogen) atoms. The molecular formula is C24H20N2O3. The summed E-state index contributed by atoms with van der Waals surface area (Å²) in [6.45, 7) is 0. The molecule has 0 aromatic heterocycles. The van der Waals surface area contributed by atoms with E-state index in [-0.39, 0.29) is 23.8 Å². The first kappa shape index (κ1) is 18.6. The third-order valence-electron chi connectivity index (χ3n) is 5.01. The van der Waals surface area contributed by atoms with Crippen molar-refractivity contribution in [2.24, 2.45) is 5.10 Å². The number of Topliss-reactive ketones (excluding diaryl/α,β-unsaturated/α-hetero) is 1. The maximum absolute atomic E-state index is 12.8. The van der Waals surface area contributed by atoms with Gasteiger partial charge in [0.2, 0.25) is 0 Å². The Labute approximate surface area is 168 Å². The van der Waals surface area contributed by atoms with Gasteiger partial charge < -0.3 is 5.11 Å². The van der Waals surface area contributed by atoms with Crippen molar-refractivity contribution in [3.8, 4) is 0 Å². The van der Waals surface area contributed by atoms with Gasteiger partial charge >= 0.3 is 5.97 Å². The summed E-state index contributed by atoms with van der Waals surface area (Å²) < 4.78 is 0. The second kappa shape index (κ2) is 8.10. The number of carboxylic acid groups (broad SMARTS) is 1. The molecular weight excluding hydrogens is 364 g/mol. The van der Waals surface area contributed by atoms with E-state index in [4.69, 9.17) is 5.10 Å². The Kier molecular flexibility index (Phi) is 5.20. The first-order valence-electron chi connectivity index (χ1n) is 9.46. The summed E-state index contributed by atoms with van der Waals surface area (Å²) in [5.74, 6) is -1.00. The molecule has 0 aliphatic carbocycles. The third-order valence-corrected chi connectivity index (χ3v) is 5.01. The molecule has 0 fully saturated rings. The minimum absolute atomic E-state index is 0.0120. The summed E-state index contributed by atoms with van der Waals surface area (Å²) in [4.78, 5) is 24.6. The minimum Gasteiger partial charge on any atom is -0.478 e. The summed E-state index contributed by atoms with van der Waals surface area (Å²) in [6, 6.07) is 25.4. The molecule has 3 aromatic rings. The van der Waals surface area contributed by atoms with E-state index in [1.165, 1.54) is 0 Å². The van der Waals surface area contributed by atoms with E-state index in [2.05, 4.69) is 0 Å². The molecule has 1 aliphatic heterocycles. The van der Waals surface area contributed by atoms with E-state index >= 15 is 0 Å². The molecule has 4 rings (SSSR count). The molecule has 144 valence electrons. The summed E-state index contributed by atoms with van der Waals surface area (Å²) in [5, 5.41) is 16.0. The molecule has 1 atom stereocenters. The van der Waals surface area contributed by atoms with E-state index in [1.807, 2.05) is 48.5 Å². The smallest absolute Gasteiger partial charge is 0.337 e. The highest BCUT2D eigenvalue weighted by Crippen LogP contribution is 2.31. The number of hydrogen-bond donors (Lipinski definition) is 1. The van der Waals surface area contributed by atoms with Crippen LogP contribution in [0.5, 0.6) is 0 Å². The monoisotopic (exact) mass is 384 g/mol. The van der Waals surface area contributed by atoms with Crippen LogP contribution in [0.25, 0.3) is 0 Å². The Bertz CT molecular complexity index is 1060. The Morgan fingerprint density at radius 2 is 1.52 bits per heavy atom.